The second kappa shape index (κ2) is 7.25. The van der Waals surface area contributed by atoms with E-state index < -0.39 is 18.1 Å². The number of hydrogen-bond acceptors (Lipinski definition) is 8. The van der Waals surface area contributed by atoms with E-state index >= 15 is 0 Å². The first-order valence-electron chi connectivity index (χ1n) is 8.86. The van der Waals surface area contributed by atoms with Crippen molar-refractivity contribution in [3.05, 3.63) is 22.5 Å². The minimum atomic E-state index is -0.643. The number of methoxy groups -OCH3 is 1. The summed E-state index contributed by atoms with van der Waals surface area (Å²) in [4.78, 5) is 41.4. The van der Waals surface area contributed by atoms with Gasteiger partial charge < -0.3 is 14.4 Å². The van der Waals surface area contributed by atoms with Crippen molar-refractivity contribution in [3.63, 3.8) is 0 Å². The van der Waals surface area contributed by atoms with Gasteiger partial charge in [0, 0.05) is 42.8 Å². The van der Waals surface area contributed by atoms with Crippen molar-refractivity contribution >= 4 is 17.5 Å². The Bertz CT molecular complexity index is 807. The maximum atomic E-state index is 13.1. The van der Waals surface area contributed by atoms with Gasteiger partial charge in [-0.3, -0.25) is 19.3 Å². The fourth-order valence-corrected chi connectivity index (χ4v) is 4.35. The van der Waals surface area contributed by atoms with E-state index in [9.17, 15) is 19.6 Å². The lowest BCUT2D eigenvalue weighted by molar-refractivity contribution is -0.144. The number of fused-ring (bicyclic) bond motifs is 1. The van der Waals surface area contributed by atoms with Gasteiger partial charge in [0.2, 0.25) is 5.78 Å². The number of nitriles is 1. The Balaban J connectivity index is 2.11. The highest BCUT2D eigenvalue weighted by Gasteiger charge is 2.49. The normalized spacial score (nSPS) is 29.2. The number of ether oxygens (including phenoxy) is 2. The number of nitrogens with zero attached hydrogens (tertiary/aromatic N) is 3. The van der Waals surface area contributed by atoms with E-state index in [1.54, 1.807) is 6.92 Å². The lowest BCUT2D eigenvalue weighted by Crippen LogP contribution is -2.65. The SMILES string of the molecule is COC1=C(C)C(=O)C2=C(C1=O)[C@H](COC(C)=O)N1[C@@H](C2)CN(C)C[C@@H]1C#N. The van der Waals surface area contributed by atoms with E-state index in [0.717, 1.165) is 0 Å². The lowest BCUT2D eigenvalue weighted by atomic mass is 9.77. The molecule has 0 unspecified atom stereocenters. The van der Waals surface area contributed by atoms with Crippen molar-refractivity contribution in [2.24, 2.45) is 0 Å². The maximum Gasteiger partial charge on any atom is 0.302 e. The molecule has 1 aliphatic carbocycles. The monoisotopic (exact) mass is 373 g/mol. The molecule has 3 atom stereocenters. The molecule has 1 saturated heterocycles. The largest absolute Gasteiger partial charge is 0.492 e. The molecule has 0 aromatic carbocycles. The first kappa shape index (κ1) is 19.3. The average molecular weight is 373 g/mol. The number of carbonyl (C=O) groups excluding carboxylic acids is 3. The van der Waals surface area contributed by atoms with Crippen molar-refractivity contribution in [2.45, 2.75) is 38.4 Å². The molecule has 8 heteroatoms. The number of piperazine rings is 1. The Morgan fingerprint density at radius 2 is 2.00 bits per heavy atom. The van der Waals surface area contributed by atoms with Gasteiger partial charge in [-0.15, -0.1) is 0 Å². The fourth-order valence-electron chi connectivity index (χ4n) is 4.35. The molecule has 27 heavy (non-hydrogen) atoms. The molecule has 0 aromatic rings. The zero-order valence-electron chi connectivity index (χ0n) is 15.9. The van der Waals surface area contributed by atoms with Crippen LogP contribution in [-0.4, -0.2) is 79.3 Å². The van der Waals surface area contributed by atoms with Gasteiger partial charge in [0.05, 0.1) is 19.2 Å². The van der Waals surface area contributed by atoms with Gasteiger partial charge in [0.15, 0.2) is 11.5 Å². The number of carbonyl (C=O) groups is 3. The molecule has 1 fully saturated rings. The summed E-state index contributed by atoms with van der Waals surface area (Å²) in [6.07, 6.45) is 0.382. The van der Waals surface area contributed by atoms with Crippen LogP contribution >= 0.6 is 0 Å². The molecule has 8 nitrogen and oxygen atoms in total. The molecule has 2 aliphatic heterocycles. The van der Waals surface area contributed by atoms with Crippen LogP contribution in [0.1, 0.15) is 20.3 Å². The summed E-state index contributed by atoms with van der Waals surface area (Å²) in [5, 5.41) is 9.67. The first-order chi connectivity index (χ1) is 12.8. The van der Waals surface area contributed by atoms with Crippen LogP contribution in [0.25, 0.3) is 0 Å². The van der Waals surface area contributed by atoms with Crippen molar-refractivity contribution in [1.29, 1.82) is 5.26 Å². The zero-order chi connectivity index (χ0) is 19.9. The lowest BCUT2D eigenvalue weighted by Gasteiger charge is -2.50. The van der Waals surface area contributed by atoms with E-state index in [1.807, 2.05) is 16.8 Å². The molecule has 0 aromatic heterocycles. The summed E-state index contributed by atoms with van der Waals surface area (Å²) < 4.78 is 10.4. The van der Waals surface area contributed by atoms with Crippen molar-refractivity contribution in [1.82, 2.24) is 9.80 Å². The zero-order valence-corrected chi connectivity index (χ0v) is 15.9. The molecule has 3 rings (SSSR count). The molecule has 0 bridgehead atoms. The number of allylic oxidation sites excluding steroid dienone is 2. The number of ketones is 2. The summed E-state index contributed by atoms with van der Waals surface area (Å²) in [6, 6.07) is 1.07. The van der Waals surface area contributed by atoms with Gasteiger partial charge >= 0.3 is 5.97 Å². The van der Waals surface area contributed by atoms with Gasteiger partial charge in [0.1, 0.15) is 12.6 Å². The van der Waals surface area contributed by atoms with Crippen molar-refractivity contribution < 1.29 is 23.9 Å². The molecule has 2 heterocycles. The minimum absolute atomic E-state index is 0.0210. The van der Waals surface area contributed by atoms with Crippen LogP contribution in [0.5, 0.6) is 0 Å². The van der Waals surface area contributed by atoms with Gasteiger partial charge in [-0.05, 0) is 20.4 Å². The predicted molar refractivity (Wildman–Crippen MR) is 94.3 cm³/mol. The summed E-state index contributed by atoms with van der Waals surface area (Å²) in [5.41, 5.74) is 1.04. The summed E-state index contributed by atoms with van der Waals surface area (Å²) in [5.74, 6) is -1.03. The molecular weight excluding hydrogens is 350 g/mol. The van der Waals surface area contributed by atoms with Crippen LogP contribution in [0.3, 0.4) is 0 Å². The molecular formula is C19H23N3O5. The Morgan fingerprint density at radius 1 is 1.30 bits per heavy atom. The van der Waals surface area contributed by atoms with E-state index in [0.29, 0.717) is 36.2 Å². The highest BCUT2D eigenvalue weighted by molar-refractivity contribution is 6.25. The number of hydrogen-bond donors (Lipinski definition) is 0. The Kier molecular flexibility index (Phi) is 5.18. The van der Waals surface area contributed by atoms with E-state index in [2.05, 4.69) is 6.07 Å². The minimum Gasteiger partial charge on any atom is -0.492 e. The molecule has 0 amide bonds. The Hall–Kier alpha value is -2.50. The van der Waals surface area contributed by atoms with Crippen LogP contribution in [0.15, 0.2) is 22.5 Å². The second-order valence-corrected chi connectivity index (χ2v) is 7.20. The Labute approximate surface area is 158 Å². The predicted octanol–water partition coefficient (Wildman–Crippen LogP) is 0.199. The maximum absolute atomic E-state index is 13.1. The van der Waals surface area contributed by atoms with E-state index in [4.69, 9.17) is 9.47 Å². The molecule has 0 radical (unpaired) electrons. The van der Waals surface area contributed by atoms with E-state index in [1.165, 1.54) is 14.0 Å². The number of Topliss-reactive ketones (excluding diaryl/α,β-unsaturated/α-hetero) is 2. The summed E-state index contributed by atoms with van der Waals surface area (Å²) >= 11 is 0. The number of likely N-dealkylation sites (N-methyl/N-ethyl adjacent to an activating group) is 1. The quantitative estimate of drug-likeness (QED) is 0.511. The topological polar surface area (TPSA) is 99.9 Å². The van der Waals surface area contributed by atoms with Gasteiger partial charge in [-0.2, -0.15) is 5.26 Å². The van der Waals surface area contributed by atoms with Gasteiger partial charge in [0.25, 0.3) is 0 Å². The van der Waals surface area contributed by atoms with Crippen molar-refractivity contribution in [2.75, 3.05) is 33.9 Å². The van der Waals surface area contributed by atoms with Crippen LogP contribution < -0.4 is 0 Å². The summed E-state index contributed by atoms with van der Waals surface area (Å²) in [7, 11) is 3.28. The first-order valence-corrected chi connectivity index (χ1v) is 8.86. The molecule has 0 spiro atoms. The molecule has 3 aliphatic rings. The van der Waals surface area contributed by atoms with Crippen LogP contribution in [0, 0.1) is 11.3 Å². The highest BCUT2D eigenvalue weighted by atomic mass is 16.5. The smallest absolute Gasteiger partial charge is 0.302 e. The second-order valence-electron chi connectivity index (χ2n) is 7.20. The molecule has 0 N–H and O–H groups in total. The number of rotatable bonds is 3. The van der Waals surface area contributed by atoms with Crippen molar-refractivity contribution in [3.8, 4) is 6.07 Å². The highest BCUT2D eigenvalue weighted by Crippen LogP contribution is 2.39. The average Bonchev–Trinajstić information content (AvgIpc) is 2.62. The fraction of sp³-hybridized carbons (Fsp3) is 0.579. The Morgan fingerprint density at radius 3 is 2.59 bits per heavy atom. The van der Waals surface area contributed by atoms with Gasteiger partial charge in [-0.1, -0.05) is 0 Å². The third kappa shape index (κ3) is 3.17. The number of esters is 1. The van der Waals surface area contributed by atoms with Crippen LogP contribution in [0.2, 0.25) is 0 Å². The molecule has 144 valence electrons. The summed E-state index contributed by atoms with van der Waals surface area (Å²) in [6.45, 7) is 3.97. The third-order valence-electron chi connectivity index (χ3n) is 5.45. The van der Waals surface area contributed by atoms with Crippen LogP contribution in [0.4, 0.5) is 0 Å². The van der Waals surface area contributed by atoms with E-state index in [-0.39, 0.29) is 30.0 Å². The van der Waals surface area contributed by atoms with Gasteiger partial charge in [-0.25, -0.2) is 0 Å². The molecule has 0 saturated carbocycles. The standard InChI is InChI=1S/C19H23N3O5/c1-10-17(24)14-5-12-7-21(3)8-13(6-20)22(12)15(9-27-11(2)23)16(14)18(25)19(10)26-4/h12-13,15H,5,7-9H2,1-4H3/t12-,13-,15-/m0/s1. The third-order valence-corrected chi connectivity index (χ3v) is 5.45. The van der Waals surface area contributed by atoms with Crippen LogP contribution in [-0.2, 0) is 23.9 Å².